The maximum absolute atomic E-state index is 12.7. The number of carboxylic acid groups (broad SMARTS) is 1. The molecule has 1 aliphatic rings. The molecule has 1 saturated heterocycles. The van der Waals surface area contributed by atoms with Crippen LogP contribution in [0.25, 0.3) is 0 Å². The van der Waals surface area contributed by atoms with Gasteiger partial charge in [-0.1, -0.05) is 12.1 Å². The van der Waals surface area contributed by atoms with Crippen molar-refractivity contribution in [3.05, 3.63) is 35.6 Å². The number of rotatable bonds is 3. The van der Waals surface area contributed by atoms with Crippen LogP contribution in [-0.4, -0.2) is 18.6 Å². The Bertz CT molecular complexity index is 377. The van der Waals surface area contributed by atoms with Crippen molar-refractivity contribution in [1.82, 2.24) is 0 Å². The minimum atomic E-state index is -0.985. The largest absolute Gasteiger partial charge is 0.544 e. The second-order valence-electron chi connectivity index (χ2n) is 4.33. The van der Waals surface area contributed by atoms with Crippen molar-refractivity contribution in [2.75, 3.05) is 6.54 Å². The Labute approximate surface area is 93.3 Å². The van der Waals surface area contributed by atoms with Crippen molar-refractivity contribution in [2.24, 2.45) is 5.92 Å². The Morgan fingerprint density at radius 2 is 2.12 bits per heavy atom. The van der Waals surface area contributed by atoms with E-state index >= 15 is 0 Å². The van der Waals surface area contributed by atoms with Crippen LogP contribution in [0.5, 0.6) is 0 Å². The van der Waals surface area contributed by atoms with Crippen LogP contribution in [-0.2, 0) is 11.2 Å². The number of hydrogen-bond acceptors (Lipinski definition) is 2. The Hall–Kier alpha value is -1.42. The lowest BCUT2D eigenvalue weighted by molar-refractivity contribution is -0.666. The molecule has 1 aromatic rings. The first kappa shape index (κ1) is 11.1. The summed E-state index contributed by atoms with van der Waals surface area (Å²) in [7, 11) is 0. The van der Waals surface area contributed by atoms with Gasteiger partial charge < -0.3 is 15.2 Å². The van der Waals surface area contributed by atoms with Gasteiger partial charge in [-0.05, 0) is 24.1 Å². The Morgan fingerprint density at radius 1 is 1.44 bits per heavy atom. The van der Waals surface area contributed by atoms with Crippen LogP contribution in [0.1, 0.15) is 12.0 Å². The highest BCUT2D eigenvalue weighted by atomic mass is 19.1. The van der Waals surface area contributed by atoms with Crippen molar-refractivity contribution in [1.29, 1.82) is 0 Å². The van der Waals surface area contributed by atoms with E-state index < -0.39 is 12.0 Å². The van der Waals surface area contributed by atoms with Crippen LogP contribution in [0.2, 0.25) is 0 Å². The number of halogens is 1. The first-order valence-corrected chi connectivity index (χ1v) is 5.44. The number of quaternary nitrogens is 1. The van der Waals surface area contributed by atoms with Crippen molar-refractivity contribution in [2.45, 2.75) is 18.9 Å². The maximum atomic E-state index is 12.7. The number of carbonyl (C=O) groups excluding carboxylic acids is 1. The summed E-state index contributed by atoms with van der Waals surface area (Å²) in [5.41, 5.74) is 1.05. The van der Waals surface area contributed by atoms with E-state index in [1.54, 1.807) is 12.1 Å². The minimum Gasteiger partial charge on any atom is -0.544 e. The molecule has 86 valence electrons. The number of hydrogen-bond donors (Lipinski definition) is 1. The Kier molecular flexibility index (Phi) is 3.19. The normalized spacial score (nSPS) is 24.6. The second kappa shape index (κ2) is 4.61. The molecule has 4 heteroatoms. The molecule has 2 N–H and O–H groups in total. The van der Waals surface area contributed by atoms with Gasteiger partial charge in [0.15, 0.2) is 0 Å². The molecule has 1 aromatic carbocycles. The second-order valence-corrected chi connectivity index (χ2v) is 4.33. The highest BCUT2D eigenvalue weighted by Gasteiger charge is 2.28. The quantitative estimate of drug-likeness (QED) is 0.719. The molecule has 0 bridgehead atoms. The van der Waals surface area contributed by atoms with E-state index in [0.717, 1.165) is 18.5 Å². The molecule has 1 fully saturated rings. The van der Waals surface area contributed by atoms with Crippen LogP contribution < -0.4 is 10.4 Å². The highest BCUT2D eigenvalue weighted by Crippen LogP contribution is 2.15. The number of nitrogens with two attached hydrogens (primary N) is 1. The zero-order valence-electron chi connectivity index (χ0n) is 8.86. The third-order valence-corrected chi connectivity index (χ3v) is 3.08. The van der Waals surface area contributed by atoms with E-state index in [4.69, 9.17) is 0 Å². The van der Waals surface area contributed by atoms with Crippen LogP contribution in [0.4, 0.5) is 4.39 Å². The van der Waals surface area contributed by atoms with Gasteiger partial charge in [-0.15, -0.1) is 0 Å². The molecule has 0 aromatic heterocycles. The molecule has 1 heterocycles. The van der Waals surface area contributed by atoms with E-state index in [9.17, 15) is 14.3 Å². The van der Waals surface area contributed by atoms with Crippen molar-refractivity contribution >= 4 is 5.97 Å². The summed E-state index contributed by atoms with van der Waals surface area (Å²) in [6.07, 6.45) is 1.44. The molecule has 16 heavy (non-hydrogen) atoms. The number of aliphatic carboxylic acids is 1. The van der Waals surface area contributed by atoms with Crippen LogP contribution in [0.15, 0.2) is 24.3 Å². The molecule has 1 aliphatic heterocycles. The van der Waals surface area contributed by atoms with E-state index in [-0.39, 0.29) is 5.82 Å². The summed E-state index contributed by atoms with van der Waals surface area (Å²) >= 11 is 0. The van der Waals surface area contributed by atoms with Gasteiger partial charge >= 0.3 is 0 Å². The lowest BCUT2D eigenvalue weighted by Crippen LogP contribution is -2.90. The van der Waals surface area contributed by atoms with Gasteiger partial charge in [0.05, 0.1) is 12.5 Å². The molecule has 3 nitrogen and oxygen atoms in total. The number of carboxylic acids is 1. The summed E-state index contributed by atoms with van der Waals surface area (Å²) in [4.78, 5) is 10.7. The van der Waals surface area contributed by atoms with E-state index in [1.807, 2.05) is 5.32 Å². The summed E-state index contributed by atoms with van der Waals surface area (Å²) in [5.74, 6) is -0.885. The Morgan fingerprint density at radius 3 is 2.69 bits per heavy atom. The first-order chi connectivity index (χ1) is 7.65. The lowest BCUT2D eigenvalue weighted by atomic mass is 9.97. The third kappa shape index (κ3) is 2.58. The van der Waals surface area contributed by atoms with Gasteiger partial charge in [-0.2, -0.15) is 0 Å². The summed E-state index contributed by atoms with van der Waals surface area (Å²) in [6.45, 7) is 0.802. The van der Waals surface area contributed by atoms with Gasteiger partial charge in [-0.25, -0.2) is 4.39 Å². The van der Waals surface area contributed by atoms with Gasteiger partial charge in [0.2, 0.25) is 0 Å². The lowest BCUT2D eigenvalue weighted by Gasteiger charge is -2.07. The average molecular weight is 223 g/mol. The fraction of sp³-hybridized carbons (Fsp3) is 0.417. The van der Waals surface area contributed by atoms with E-state index in [0.29, 0.717) is 12.3 Å². The standard InChI is InChI=1S/C12H14FNO2/c13-10-3-1-8(2-4-10)5-9-6-11(12(15)16)14-7-9/h1-4,9,11,14H,5-7H2,(H,15,16)/t9-,11+/m1/s1. The zero-order valence-corrected chi connectivity index (χ0v) is 8.86. The minimum absolute atomic E-state index is 0.241. The third-order valence-electron chi connectivity index (χ3n) is 3.08. The zero-order chi connectivity index (χ0) is 11.5. The molecular formula is C12H14FNO2. The molecule has 0 unspecified atom stereocenters. The SMILES string of the molecule is O=C([O-])[C@@H]1C[C@@H](Cc2ccc(F)cc2)C[NH2+]1. The fourth-order valence-electron chi connectivity index (χ4n) is 2.22. The van der Waals surface area contributed by atoms with Crippen LogP contribution in [0, 0.1) is 11.7 Å². The van der Waals surface area contributed by atoms with Gasteiger partial charge in [0, 0.05) is 12.3 Å². The topological polar surface area (TPSA) is 56.7 Å². The molecule has 0 saturated carbocycles. The molecule has 0 spiro atoms. The van der Waals surface area contributed by atoms with E-state index in [2.05, 4.69) is 0 Å². The molecular weight excluding hydrogens is 209 g/mol. The van der Waals surface area contributed by atoms with Gasteiger partial charge in [-0.3, -0.25) is 0 Å². The van der Waals surface area contributed by atoms with Crippen molar-refractivity contribution in [3.63, 3.8) is 0 Å². The number of carbonyl (C=O) groups is 1. The molecule has 0 amide bonds. The molecule has 2 rings (SSSR count). The fourth-order valence-corrected chi connectivity index (χ4v) is 2.22. The summed E-state index contributed by atoms with van der Waals surface area (Å²) < 4.78 is 12.7. The number of benzene rings is 1. The monoisotopic (exact) mass is 223 g/mol. The summed E-state index contributed by atoms with van der Waals surface area (Å²) in [6, 6.07) is 5.96. The van der Waals surface area contributed by atoms with Crippen LogP contribution >= 0.6 is 0 Å². The molecule has 2 atom stereocenters. The smallest absolute Gasteiger partial charge is 0.127 e. The average Bonchev–Trinajstić information content (AvgIpc) is 2.70. The maximum Gasteiger partial charge on any atom is 0.127 e. The summed E-state index contributed by atoms with van der Waals surface area (Å²) in [5, 5.41) is 12.5. The predicted molar refractivity (Wildman–Crippen MR) is 53.8 cm³/mol. The van der Waals surface area contributed by atoms with Crippen molar-refractivity contribution < 1.29 is 19.6 Å². The van der Waals surface area contributed by atoms with Crippen LogP contribution in [0.3, 0.4) is 0 Å². The molecule has 0 radical (unpaired) electrons. The van der Waals surface area contributed by atoms with Gasteiger partial charge in [0.25, 0.3) is 0 Å². The highest BCUT2D eigenvalue weighted by molar-refractivity contribution is 5.69. The van der Waals surface area contributed by atoms with Crippen molar-refractivity contribution in [3.8, 4) is 0 Å². The molecule has 0 aliphatic carbocycles. The predicted octanol–water partition coefficient (Wildman–Crippen LogP) is -0.930. The first-order valence-electron chi connectivity index (χ1n) is 5.44. The van der Waals surface area contributed by atoms with Gasteiger partial charge in [0.1, 0.15) is 11.9 Å². The Balaban J connectivity index is 1.92. The van der Waals surface area contributed by atoms with E-state index in [1.165, 1.54) is 12.1 Å².